The summed E-state index contributed by atoms with van der Waals surface area (Å²) in [6, 6.07) is 1.82. The molecule has 0 saturated heterocycles. The Balaban J connectivity index is 2.29. The lowest BCUT2D eigenvalue weighted by Crippen LogP contribution is -2.05. The molecule has 0 saturated carbocycles. The molecule has 0 radical (unpaired) electrons. The summed E-state index contributed by atoms with van der Waals surface area (Å²) in [5.74, 6) is 0.995. The molecular weight excluding hydrogens is 222 g/mol. The first-order valence-corrected chi connectivity index (χ1v) is 5.84. The standard InChI is InChI=1S/C10H13N5S/c1-7(2)16-8-6-12-10(14-9(8)11)15-5-3-4-13-15/h3-7H,1-2H3,(H2,11,12,14). The Hall–Kier alpha value is -1.56. The van der Waals surface area contributed by atoms with Crippen molar-refractivity contribution in [2.24, 2.45) is 0 Å². The molecule has 0 atom stereocenters. The van der Waals surface area contributed by atoms with Crippen LogP contribution in [0.1, 0.15) is 13.8 Å². The molecule has 0 fully saturated rings. The molecule has 2 aromatic heterocycles. The van der Waals surface area contributed by atoms with Crippen LogP contribution in [0.3, 0.4) is 0 Å². The average Bonchev–Trinajstić information content (AvgIpc) is 2.73. The van der Waals surface area contributed by atoms with Crippen molar-refractivity contribution in [3.8, 4) is 5.95 Å². The number of nitrogen functional groups attached to an aromatic ring is 1. The van der Waals surface area contributed by atoms with Crippen molar-refractivity contribution in [2.45, 2.75) is 24.0 Å². The van der Waals surface area contributed by atoms with Crippen LogP contribution in [0.2, 0.25) is 0 Å². The van der Waals surface area contributed by atoms with Crippen molar-refractivity contribution in [3.63, 3.8) is 0 Å². The predicted molar refractivity (Wildman–Crippen MR) is 64.6 cm³/mol. The van der Waals surface area contributed by atoms with Crippen molar-refractivity contribution in [1.29, 1.82) is 0 Å². The molecule has 2 rings (SSSR count). The van der Waals surface area contributed by atoms with E-state index in [0.29, 0.717) is 17.0 Å². The minimum Gasteiger partial charge on any atom is -0.383 e. The van der Waals surface area contributed by atoms with E-state index < -0.39 is 0 Å². The number of thioether (sulfide) groups is 1. The maximum absolute atomic E-state index is 5.86. The van der Waals surface area contributed by atoms with Crippen molar-refractivity contribution in [3.05, 3.63) is 24.7 Å². The van der Waals surface area contributed by atoms with Gasteiger partial charge in [0.05, 0.1) is 4.90 Å². The van der Waals surface area contributed by atoms with Crippen LogP contribution in [-0.4, -0.2) is 25.0 Å². The highest BCUT2D eigenvalue weighted by Crippen LogP contribution is 2.26. The number of rotatable bonds is 3. The molecule has 2 heterocycles. The first kappa shape index (κ1) is 10.9. The fraction of sp³-hybridized carbons (Fsp3) is 0.300. The zero-order valence-corrected chi connectivity index (χ0v) is 9.98. The predicted octanol–water partition coefficient (Wildman–Crippen LogP) is 1.74. The summed E-state index contributed by atoms with van der Waals surface area (Å²) in [5.41, 5.74) is 5.86. The fourth-order valence-corrected chi connectivity index (χ4v) is 2.00. The van der Waals surface area contributed by atoms with Gasteiger partial charge in [0.25, 0.3) is 5.95 Å². The number of hydrogen-bond acceptors (Lipinski definition) is 5. The highest BCUT2D eigenvalue weighted by molar-refractivity contribution is 8.00. The van der Waals surface area contributed by atoms with Gasteiger partial charge in [-0.15, -0.1) is 11.8 Å². The summed E-state index contributed by atoms with van der Waals surface area (Å²) < 4.78 is 1.58. The normalized spacial score (nSPS) is 10.9. The maximum atomic E-state index is 5.86. The highest BCUT2D eigenvalue weighted by atomic mass is 32.2. The zero-order valence-electron chi connectivity index (χ0n) is 9.16. The van der Waals surface area contributed by atoms with Crippen LogP contribution in [0.15, 0.2) is 29.6 Å². The Morgan fingerprint density at radius 1 is 1.44 bits per heavy atom. The van der Waals surface area contributed by atoms with E-state index in [1.165, 1.54) is 0 Å². The van der Waals surface area contributed by atoms with Crippen molar-refractivity contribution >= 4 is 17.6 Å². The topological polar surface area (TPSA) is 69.6 Å². The summed E-state index contributed by atoms with van der Waals surface area (Å²) in [7, 11) is 0. The Labute approximate surface area is 98.1 Å². The van der Waals surface area contributed by atoms with Gasteiger partial charge in [-0.05, 0) is 6.07 Å². The van der Waals surface area contributed by atoms with E-state index in [4.69, 9.17) is 5.73 Å². The quantitative estimate of drug-likeness (QED) is 0.821. The molecule has 6 heteroatoms. The van der Waals surface area contributed by atoms with Crippen LogP contribution >= 0.6 is 11.8 Å². The van der Waals surface area contributed by atoms with Gasteiger partial charge in [-0.25, -0.2) is 9.67 Å². The van der Waals surface area contributed by atoms with Crippen molar-refractivity contribution < 1.29 is 0 Å². The molecule has 0 amide bonds. The summed E-state index contributed by atoms with van der Waals surface area (Å²) in [6.45, 7) is 4.21. The molecule has 2 N–H and O–H groups in total. The number of hydrogen-bond donors (Lipinski definition) is 1. The van der Waals surface area contributed by atoms with E-state index in [1.54, 1.807) is 35.0 Å². The third-order valence-corrected chi connectivity index (χ3v) is 2.88. The molecule has 5 nitrogen and oxygen atoms in total. The lowest BCUT2D eigenvalue weighted by molar-refractivity contribution is 0.804. The third kappa shape index (κ3) is 2.33. The van der Waals surface area contributed by atoms with Gasteiger partial charge < -0.3 is 5.73 Å². The Morgan fingerprint density at radius 2 is 2.25 bits per heavy atom. The van der Waals surface area contributed by atoms with Gasteiger partial charge in [0.15, 0.2) is 0 Å². The molecule has 0 unspecified atom stereocenters. The summed E-state index contributed by atoms with van der Waals surface area (Å²) >= 11 is 1.65. The summed E-state index contributed by atoms with van der Waals surface area (Å²) in [5, 5.41) is 4.51. The molecule has 2 aromatic rings. The molecule has 16 heavy (non-hydrogen) atoms. The minimum atomic E-state index is 0.460. The van der Waals surface area contributed by atoms with Gasteiger partial charge in [-0.2, -0.15) is 10.1 Å². The van der Waals surface area contributed by atoms with Crippen LogP contribution < -0.4 is 5.73 Å². The molecule has 0 aliphatic heterocycles. The van der Waals surface area contributed by atoms with E-state index in [-0.39, 0.29) is 0 Å². The third-order valence-electron chi connectivity index (χ3n) is 1.84. The van der Waals surface area contributed by atoms with Crippen molar-refractivity contribution in [1.82, 2.24) is 19.7 Å². The molecule has 0 aromatic carbocycles. The monoisotopic (exact) mass is 235 g/mol. The van der Waals surface area contributed by atoms with Gasteiger partial charge in [0, 0.05) is 23.8 Å². The number of anilines is 1. The van der Waals surface area contributed by atoms with Crippen LogP contribution in [0.4, 0.5) is 5.82 Å². The molecule has 0 aliphatic rings. The highest BCUT2D eigenvalue weighted by Gasteiger charge is 2.07. The van der Waals surface area contributed by atoms with Crippen molar-refractivity contribution in [2.75, 3.05) is 5.73 Å². The fourth-order valence-electron chi connectivity index (χ4n) is 1.22. The van der Waals surface area contributed by atoms with Gasteiger partial charge in [0.1, 0.15) is 5.82 Å². The average molecular weight is 235 g/mol. The number of nitrogens with zero attached hydrogens (tertiary/aromatic N) is 4. The van der Waals surface area contributed by atoms with E-state index in [9.17, 15) is 0 Å². The Morgan fingerprint density at radius 3 is 2.81 bits per heavy atom. The maximum Gasteiger partial charge on any atom is 0.252 e. The van der Waals surface area contributed by atoms with Crippen LogP contribution in [0, 0.1) is 0 Å². The van der Waals surface area contributed by atoms with E-state index in [0.717, 1.165) is 4.90 Å². The molecular formula is C10H13N5S. The second kappa shape index (κ2) is 4.52. The van der Waals surface area contributed by atoms with E-state index in [2.05, 4.69) is 28.9 Å². The second-order valence-corrected chi connectivity index (χ2v) is 5.16. The first-order valence-electron chi connectivity index (χ1n) is 4.96. The number of aromatic nitrogens is 4. The number of nitrogens with two attached hydrogens (primary N) is 1. The summed E-state index contributed by atoms with van der Waals surface area (Å²) in [6.07, 6.45) is 5.20. The summed E-state index contributed by atoms with van der Waals surface area (Å²) in [4.78, 5) is 9.35. The molecule has 84 valence electrons. The first-order chi connectivity index (χ1) is 7.66. The van der Waals surface area contributed by atoms with Crippen LogP contribution in [-0.2, 0) is 0 Å². The zero-order chi connectivity index (χ0) is 11.5. The largest absolute Gasteiger partial charge is 0.383 e. The molecule has 0 spiro atoms. The molecule has 0 aliphatic carbocycles. The minimum absolute atomic E-state index is 0.460. The van der Waals surface area contributed by atoms with Crippen LogP contribution in [0.25, 0.3) is 5.95 Å². The molecule has 0 bridgehead atoms. The van der Waals surface area contributed by atoms with Gasteiger partial charge in [0.2, 0.25) is 0 Å². The van der Waals surface area contributed by atoms with Crippen LogP contribution in [0.5, 0.6) is 0 Å². The van der Waals surface area contributed by atoms with E-state index in [1.807, 2.05) is 6.07 Å². The SMILES string of the molecule is CC(C)Sc1cnc(-n2cccn2)nc1N. The second-order valence-electron chi connectivity index (χ2n) is 3.54. The Bertz CT molecular complexity index is 466. The van der Waals surface area contributed by atoms with Gasteiger partial charge in [-0.3, -0.25) is 0 Å². The van der Waals surface area contributed by atoms with Gasteiger partial charge in [-0.1, -0.05) is 13.8 Å². The smallest absolute Gasteiger partial charge is 0.252 e. The van der Waals surface area contributed by atoms with E-state index >= 15 is 0 Å². The lowest BCUT2D eigenvalue weighted by atomic mass is 10.6. The Kier molecular flexibility index (Phi) is 3.09. The van der Waals surface area contributed by atoms with Gasteiger partial charge >= 0.3 is 0 Å². The lowest BCUT2D eigenvalue weighted by Gasteiger charge is -2.07.